The van der Waals surface area contributed by atoms with E-state index in [0.717, 1.165) is 11.8 Å². The fraction of sp³-hybridized carbons (Fsp3) is 0.636. The standard InChI is InChI=1S/C22H30F2N6O3/c1-21(2)17-15(14-29(21)19(31)22(24)6-8-28(3)9-7-22)12-26-30(17)18-16(23)13-25-20(27-18)33-11-5-10-32-4/h12-13H,5-11,14H2,1-4H3. The van der Waals surface area contributed by atoms with Crippen LogP contribution in [0.5, 0.6) is 6.01 Å². The van der Waals surface area contributed by atoms with E-state index in [2.05, 4.69) is 15.1 Å². The quantitative estimate of drug-likeness (QED) is 0.581. The topological polar surface area (TPSA) is 85.6 Å². The van der Waals surface area contributed by atoms with Gasteiger partial charge in [-0.05, 0) is 20.9 Å². The molecule has 4 rings (SSSR count). The molecular weight excluding hydrogens is 434 g/mol. The molecule has 1 amide bonds. The van der Waals surface area contributed by atoms with Gasteiger partial charge in [0.25, 0.3) is 5.91 Å². The number of carbonyl (C=O) groups is 1. The van der Waals surface area contributed by atoms with Crippen LogP contribution in [0.1, 0.15) is 44.4 Å². The molecule has 1 fully saturated rings. The molecule has 0 N–H and O–H groups in total. The van der Waals surface area contributed by atoms with Crippen LogP contribution in [0.4, 0.5) is 8.78 Å². The predicted octanol–water partition coefficient (Wildman–Crippen LogP) is 2.23. The highest BCUT2D eigenvalue weighted by atomic mass is 19.1. The average molecular weight is 465 g/mol. The van der Waals surface area contributed by atoms with E-state index in [1.54, 1.807) is 13.3 Å². The monoisotopic (exact) mass is 464 g/mol. The van der Waals surface area contributed by atoms with E-state index in [1.165, 1.54) is 9.58 Å². The fourth-order valence-corrected chi connectivity index (χ4v) is 4.49. The molecule has 4 heterocycles. The number of fused-ring (bicyclic) bond motifs is 1. The van der Waals surface area contributed by atoms with E-state index in [-0.39, 0.29) is 31.2 Å². The van der Waals surface area contributed by atoms with Gasteiger partial charge in [0.05, 0.1) is 36.8 Å². The van der Waals surface area contributed by atoms with Crippen LogP contribution < -0.4 is 4.74 Å². The van der Waals surface area contributed by atoms with Gasteiger partial charge in [0.2, 0.25) is 0 Å². The van der Waals surface area contributed by atoms with Crippen molar-refractivity contribution in [2.45, 2.75) is 50.9 Å². The summed E-state index contributed by atoms with van der Waals surface area (Å²) in [4.78, 5) is 25.0. The lowest BCUT2D eigenvalue weighted by Gasteiger charge is -2.40. The number of amides is 1. The predicted molar refractivity (Wildman–Crippen MR) is 115 cm³/mol. The summed E-state index contributed by atoms with van der Waals surface area (Å²) >= 11 is 0. The molecule has 0 aromatic carbocycles. The van der Waals surface area contributed by atoms with Crippen molar-refractivity contribution in [1.29, 1.82) is 0 Å². The lowest BCUT2D eigenvalue weighted by atomic mass is 9.90. The van der Waals surface area contributed by atoms with E-state index in [0.29, 0.717) is 38.4 Å². The first-order valence-electron chi connectivity index (χ1n) is 11.1. The van der Waals surface area contributed by atoms with Crippen molar-refractivity contribution >= 4 is 5.91 Å². The van der Waals surface area contributed by atoms with Gasteiger partial charge in [0.1, 0.15) is 0 Å². The maximum absolute atomic E-state index is 15.6. The highest BCUT2D eigenvalue weighted by Crippen LogP contribution is 2.43. The van der Waals surface area contributed by atoms with Gasteiger partial charge in [0.15, 0.2) is 17.3 Å². The van der Waals surface area contributed by atoms with Gasteiger partial charge < -0.3 is 19.3 Å². The van der Waals surface area contributed by atoms with Gasteiger partial charge in [-0.1, -0.05) is 0 Å². The number of alkyl halides is 1. The van der Waals surface area contributed by atoms with Crippen molar-refractivity contribution in [1.82, 2.24) is 29.5 Å². The van der Waals surface area contributed by atoms with Crippen LogP contribution in [0.15, 0.2) is 12.4 Å². The van der Waals surface area contributed by atoms with Crippen LogP contribution in [0.3, 0.4) is 0 Å². The molecule has 2 aliphatic heterocycles. The zero-order valence-corrected chi connectivity index (χ0v) is 19.5. The minimum absolute atomic E-state index is 0.0181. The number of hydrogen-bond acceptors (Lipinski definition) is 7. The van der Waals surface area contributed by atoms with Crippen LogP contribution in [0, 0.1) is 5.82 Å². The number of nitrogens with zero attached hydrogens (tertiary/aromatic N) is 6. The molecule has 0 radical (unpaired) electrons. The summed E-state index contributed by atoms with van der Waals surface area (Å²) in [6, 6.07) is 0.0181. The van der Waals surface area contributed by atoms with Gasteiger partial charge in [-0.15, -0.1) is 0 Å². The Hall–Kier alpha value is -2.66. The highest BCUT2D eigenvalue weighted by Gasteiger charge is 2.51. The Morgan fingerprint density at radius 3 is 2.64 bits per heavy atom. The minimum Gasteiger partial charge on any atom is -0.463 e. The van der Waals surface area contributed by atoms with Crippen LogP contribution in [-0.2, 0) is 21.6 Å². The minimum atomic E-state index is -1.91. The number of hydrogen-bond donors (Lipinski definition) is 0. The Balaban J connectivity index is 1.60. The summed E-state index contributed by atoms with van der Waals surface area (Å²) in [6.07, 6.45) is 3.55. The smallest absolute Gasteiger partial charge is 0.318 e. The molecule has 0 spiro atoms. The molecule has 0 saturated carbocycles. The van der Waals surface area contributed by atoms with Crippen LogP contribution in [0.25, 0.3) is 5.82 Å². The van der Waals surface area contributed by atoms with Crippen molar-refractivity contribution < 1.29 is 23.0 Å². The normalized spacial score (nSPS) is 19.5. The van der Waals surface area contributed by atoms with Crippen LogP contribution in [0.2, 0.25) is 0 Å². The lowest BCUT2D eigenvalue weighted by molar-refractivity contribution is -0.153. The molecule has 0 unspecified atom stereocenters. The molecule has 11 heteroatoms. The second kappa shape index (κ2) is 8.94. The van der Waals surface area contributed by atoms with Crippen molar-refractivity contribution in [2.75, 3.05) is 40.5 Å². The Bertz CT molecular complexity index is 1020. The van der Waals surface area contributed by atoms with E-state index in [4.69, 9.17) is 9.47 Å². The van der Waals surface area contributed by atoms with E-state index in [1.807, 2.05) is 25.8 Å². The Morgan fingerprint density at radius 1 is 1.21 bits per heavy atom. The maximum Gasteiger partial charge on any atom is 0.318 e. The van der Waals surface area contributed by atoms with Gasteiger partial charge in [-0.25, -0.2) is 18.4 Å². The fourth-order valence-electron chi connectivity index (χ4n) is 4.49. The molecule has 180 valence electrons. The summed E-state index contributed by atoms with van der Waals surface area (Å²) in [6.45, 7) is 5.72. The number of likely N-dealkylation sites (tertiary alicyclic amines) is 1. The van der Waals surface area contributed by atoms with Crippen LogP contribution in [-0.4, -0.2) is 81.6 Å². The Morgan fingerprint density at radius 2 is 1.94 bits per heavy atom. The van der Waals surface area contributed by atoms with E-state index < -0.39 is 22.9 Å². The molecule has 33 heavy (non-hydrogen) atoms. The third-order valence-electron chi connectivity index (χ3n) is 6.46. The highest BCUT2D eigenvalue weighted by molar-refractivity contribution is 5.86. The summed E-state index contributed by atoms with van der Waals surface area (Å²) in [7, 11) is 3.51. The van der Waals surface area contributed by atoms with Crippen molar-refractivity contribution in [2.24, 2.45) is 0 Å². The summed E-state index contributed by atoms with van der Waals surface area (Å²) < 4.78 is 42.2. The molecule has 2 aromatic heterocycles. The third kappa shape index (κ3) is 4.31. The second-order valence-corrected chi connectivity index (χ2v) is 9.17. The zero-order valence-electron chi connectivity index (χ0n) is 19.5. The SMILES string of the molecule is COCCCOc1ncc(F)c(-n2ncc3c2C(C)(C)N(C(=O)C2(F)CCN(C)CC2)C3)n1. The largest absolute Gasteiger partial charge is 0.463 e. The number of carbonyl (C=O) groups excluding carboxylic acids is 1. The first-order valence-corrected chi connectivity index (χ1v) is 11.1. The number of piperidine rings is 1. The molecular formula is C22H30F2N6O3. The molecule has 2 aromatic rings. The van der Waals surface area contributed by atoms with Crippen molar-refractivity contribution in [3.63, 3.8) is 0 Å². The lowest BCUT2D eigenvalue weighted by Crippen LogP contribution is -2.54. The number of methoxy groups -OCH3 is 1. The van der Waals surface area contributed by atoms with Gasteiger partial charge in [0, 0.05) is 51.6 Å². The van der Waals surface area contributed by atoms with Crippen molar-refractivity contribution in [3.8, 4) is 11.8 Å². The molecule has 0 atom stereocenters. The summed E-state index contributed by atoms with van der Waals surface area (Å²) in [5, 5.41) is 4.32. The Kier molecular flexibility index (Phi) is 6.37. The number of rotatable bonds is 7. The van der Waals surface area contributed by atoms with Gasteiger partial charge >= 0.3 is 6.01 Å². The first kappa shape index (κ1) is 23.5. The molecule has 1 saturated heterocycles. The third-order valence-corrected chi connectivity index (χ3v) is 6.46. The molecule has 9 nitrogen and oxygen atoms in total. The number of ether oxygens (including phenoxy) is 2. The number of aromatic nitrogens is 4. The second-order valence-electron chi connectivity index (χ2n) is 9.17. The average Bonchev–Trinajstić information content (AvgIpc) is 3.32. The summed E-state index contributed by atoms with van der Waals surface area (Å²) in [5.74, 6) is -1.29. The number of halogens is 2. The van der Waals surface area contributed by atoms with Crippen LogP contribution >= 0.6 is 0 Å². The van der Waals surface area contributed by atoms with E-state index in [9.17, 15) is 9.18 Å². The molecule has 0 aliphatic carbocycles. The zero-order chi connectivity index (χ0) is 23.8. The Labute approximate surface area is 191 Å². The first-order chi connectivity index (χ1) is 15.7. The van der Waals surface area contributed by atoms with E-state index >= 15 is 4.39 Å². The summed E-state index contributed by atoms with van der Waals surface area (Å²) in [5.41, 5.74) is -1.50. The van der Waals surface area contributed by atoms with Crippen molar-refractivity contribution in [3.05, 3.63) is 29.5 Å². The van der Waals surface area contributed by atoms with Gasteiger partial charge in [-0.3, -0.25) is 4.79 Å². The van der Waals surface area contributed by atoms with Gasteiger partial charge in [-0.2, -0.15) is 10.1 Å². The molecule has 2 aliphatic rings. The molecule has 0 bridgehead atoms. The maximum atomic E-state index is 15.6.